The Bertz CT molecular complexity index is 596. The van der Waals surface area contributed by atoms with Crippen LogP contribution in [0.4, 0.5) is 0 Å². The first-order valence-electron chi connectivity index (χ1n) is 6.58. The number of aromatic nitrogens is 1. The van der Waals surface area contributed by atoms with Crippen molar-refractivity contribution in [2.75, 3.05) is 0 Å². The maximum atomic E-state index is 12.2. The second-order valence-electron chi connectivity index (χ2n) is 4.74. The van der Waals surface area contributed by atoms with Crippen molar-refractivity contribution in [3.63, 3.8) is 0 Å². The van der Waals surface area contributed by atoms with Crippen molar-refractivity contribution >= 4 is 21.8 Å². The van der Waals surface area contributed by atoms with Gasteiger partial charge in [-0.1, -0.05) is 36.8 Å². The van der Waals surface area contributed by atoms with Gasteiger partial charge in [-0.05, 0) is 40.9 Å². The van der Waals surface area contributed by atoms with Gasteiger partial charge >= 0.3 is 0 Å². The van der Waals surface area contributed by atoms with Crippen LogP contribution in [0, 0.1) is 6.92 Å². The van der Waals surface area contributed by atoms with Gasteiger partial charge in [0.25, 0.3) is 5.91 Å². The predicted molar refractivity (Wildman–Crippen MR) is 83.6 cm³/mol. The minimum atomic E-state index is -0.105. The number of benzene rings is 1. The van der Waals surface area contributed by atoms with Crippen LogP contribution in [-0.4, -0.2) is 10.9 Å². The number of pyridine rings is 1. The highest BCUT2D eigenvalue weighted by atomic mass is 79.9. The Kier molecular flexibility index (Phi) is 4.90. The Morgan fingerprint density at radius 3 is 2.60 bits per heavy atom. The van der Waals surface area contributed by atoms with Gasteiger partial charge in [0.15, 0.2) is 0 Å². The maximum absolute atomic E-state index is 12.2. The van der Waals surface area contributed by atoms with E-state index in [4.69, 9.17) is 0 Å². The van der Waals surface area contributed by atoms with Crippen molar-refractivity contribution in [3.05, 3.63) is 63.9 Å². The summed E-state index contributed by atoms with van der Waals surface area (Å²) in [5.74, 6) is -0.105. The number of aryl methyl sites for hydroxylation is 1. The monoisotopic (exact) mass is 332 g/mol. The number of nitrogens with one attached hydrogen (secondary N) is 1. The Balaban J connectivity index is 2.14. The van der Waals surface area contributed by atoms with E-state index in [-0.39, 0.29) is 11.9 Å². The number of hydrogen-bond donors (Lipinski definition) is 1. The van der Waals surface area contributed by atoms with Crippen LogP contribution < -0.4 is 5.32 Å². The van der Waals surface area contributed by atoms with Gasteiger partial charge in [-0.2, -0.15) is 0 Å². The fraction of sp³-hybridized carbons (Fsp3) is 0.250. The summed E-state index contributed by atoms with van der Waals surface area (Å²) < 4.78 is 0.800. The molecular weight excluding hydrogens is 316 g/mol. The first-order chi connectivity index (χ1) is 9.60. The van der Waals surface area contributed by atoms with Gasteiger partial charge in [0.2, 0.25) is 0 Å². The highest BCUT2D eigenvalue weighted by molar-refractivity contribution is 9.10. The van der Waals surface area contributed by atoms with Crippen LogP contribution in [0.15, 0.2) is 47.2 Å². The molecule has 0 aliphatic heterocycles. The third-order valence-electron chi connectivity index (χ3n) is 3.16. The van der Waals surface area contributed by atoms with E-state index < -0.39 is 0 Å². The first kappa shape index (κ1) is 14.7. The van der Waals surface area contributed by atoms with Crippen LogP contribution in [-0.2, 0) is 0 Å². The predicted octanol–water partition coefficient (Wildman–Crippen LogP) is 4.03. The van der Waals surface area contributed by atoms with Crippen LogP contribution in [0.1, 0.15) is 40.9 Å². The fourth-order valence-corrected chi connectivity index (χ4v) is 2.36. The maximum Gasteiger partial charge on any atom is 0.253 e. The summed E-state index contributed by atoms with van der Waals surface area (Å²) in [4.78, 5) is 16.2. The molecule has 3 nitrogen and oxygen atoms in total. The van der Waals surface area contributed by atoms with Crippen molar-refractivity contribution in [1.29, 1.82) is 0 Å². The zero-order valence-electron chi connectivity index (χ0n) is 11.6. The molecule has 1 aromatic heterocycles. The zero-order chi connectivity index (χ0) is 14.5. The lowest BCUT2D eigenvalue weighted by molar-refractivity contribution is 0.0935. The molecule has 0 saturated heterocycles. The summed E-state index contributed by atoms with van der Waals surface area (Å²) in [5, 5.41) is 3.05. The number of carbonyl (C=O) groups is 1. The average Bonchev–Trinajstić information content (AvgIpc) is 2.45. The number of nitrogens with zero attached hydrogens (tertiary/aromatic N) is 1. The van der Waals surface area contributed by atoms with Crippen LogP contribution in [0.25, 0.3) is 0 Å². The summed E-state index contributed by atoms with van der Waals surface area (Å²) in [5.41, 5.74) is 2.89. The molecule has 0 spiro atoms. The molecule has 0 unspecified atom stereocenters. The molecule has 4 heteroatoms. The number of rotatable bonds is 4. The van der Waals surface area contributed by atoms with E-state index in [2.05, 4.69) is 64.3 Å². The van der Waals surface area contributed by atoms with Crippen molar-refractivity contribution in [3.8, 4) is 0 Å². The quantitative estimate of drug-likeness (QED) is 0.918. The molecule has 0 aliphatic carbocycles. The van der Waals surface area contributed by atoms with E-state index in [1.807, 2.05) is 0 Å². The van der Waals surface area contributed by atoms with E-state index in [0.717, 1.165) is 16.5 Å². The summed E-state index contributed by atoms with van der Waals surface area (Å²) in [6.07, 6.45) is 4.08. The topological polar surface area (TPSA) is 42.0 Å². The van der Waals surface area contributed by atoms with Crippen molar-refractivity contribution in [2.24, 2.45) is 0 Å². The largest absolute Gasteiger partial charge is 0.345 e. The lowest BCUT2D eigenvalue weighted by Gasteiger charge is -2.17. The zero-order valence-corrected chi connectivity index (χ0v) is 13.1. The molecule has 20 heavy (non-hydrogen) atoms. The summed E-state index contributed by atoms with van der Waals surface area (Å²) in [6.45, 7) is 4.11. The lowest BCUT2D eigenvalue weighted by Crippen LogP contribution is -2.28. The second kappa shape index (κ2) is 6.66. The molecule has 1 amide bonds. The highest BCUT2D eigenvalue weighted by Crippen LogP contribution is 2.18. The normalized spacial score (nSPS) is 11.9. The molecule has 0 radical (unpaired) electrons. The SMILES string of the molecule is CC[C@@H](NC(=O)c1cncc(Br)c1)c1ccc(C)cc1. The van der Waals surface area contributed by atoms with Crippen LogP contribution in [0.5, 0.6) is 0 Å². The first-order valence-corrected chi connectivity index (χ1v) is 7.37. The molecule has 2 rings (SSSR count). The van der Waals surface area contributed by atoms with Gasteiger partial charge in [0.1, 0.15) is 0 Å². The van der Waals surface area contributed by atoms with Crippen molar-refractivity contribution in [2.45, 2.75) is 26.3 Å². The van der Waals surface area contributed by atoms with Gasteiger partial charge in [-0.3, -0.25) is 9.78 Å². The molecule has 1 heterocycles. The Hall–Kier alpha value is -1.68. The Morgan fingerprint density at radius 2 is 2.00 bits per heavy atom. The smallest absolute Gasteiger partial charge is 0.253 e. The lowest BCUT2D eigenvalue weighted by atomic mass is 10.0. The van der Waals surface area contributed by atoms with Crippen molar-refractivity contribution in [1.82, 2.24) is 10.3 Å². The summed E-state index contributed by atoms with van der Waals surface area (Å²) in [6, 6.07) is 10.0. The van der Waals surface area contributed by atoms with Gasteiger partial charge in [0, 0.05) is 16.9 Å². The number of halogens is 1. The minimum Gasteiger partial charge on any atom is -0.345 e. The molecule has 2 aromatic rings. The highest BCUT2D eigenvalue weighted by Gasteiger charge is 2.14. The summed E-state index contributed by atoms with van der Waals surface area (Å²) >= 11 is 3.32. The van der Waals surface area contributed by atoms with E-state index >= 15 is 0 Å². The molecule has 0 bridgehead atoms. The molecule has 1 atom stereocenters. The molecule has 0 saturated carbocycles. The molecule has 104 valence electrons. The van der Waals surface area contributed by atoms with E-state index in [1.165, 1.54) is 5.56 Å². The second-order valence-corrected chi connectivity index (χ2v) is 5.65. The molecule has 1 N–H and O–H groups in total. The van der Waals surface area contributed by atoms with Gasteiger partial charge in [0.05, 0.1) is 11.6 Å². The van der Waals surface area contributed by atoms with Gasteiger partial charge in [-0.25, -0.2) is 0 Å². The molecule has 0 aliphatic rings. The summed E-state index contributed by atoms with van der Waals surface area (Å²) in [7, 11) is 0. The fourth-order valence-electron chi connectivity index (χ4n) is 2.00. The number of carbonyl (C=O) groups excluding carboxylic acids is 1. The van der Waals surface area contributed by atoms with E-state index in [1.54, 1.807) is 18.5 Å². The van der Waals surface area contributed by atoms with Crippen molar-refractivity contribution < 1.29 is 4.79 Å². The van der Waals surface area contributed by atoms with Crippen LogP contribution in [0.3, 0.4) is 0 Å². The molecule has 0 fully saturated rings. The third-order valence-corrected chi connectivity index (χ3v) is 3.59. The van der Waals surface area contributed by atoms with Gasteiger partial charge < -0.3 is 5.32 Å². The third kappa shape index (κ3) is 3.67. The standard InChI is InChI=1S/C16H17BrN2O/c1-3-15(12-6-4-11(2)5-7-12)19-16(20)13-8-14(17)10-18-9-13/h4-10,15H,3H2,1-2H3,(H,19,20)/t15-/m1/s1. The minimum absolute atomic E-state index is 0.0158. The number of hydrogen-bond acceptors (Lipinski definition) is 2. The molecule has 1 aromatic carbocycles. The average molecular weight is 333 g/mol. The Morgan fingerprint density at radius 1 is 1.30 bits per heavy atom. The van der Waals surface area contributed by atoms with E-state index in [9.17, 15) is 4.79 Å². The van der Waals surface area contributed by atoms with Crippen LogP contribution >= 0.6 is 15.9 Å². The molecular formula is C16H17BrN2O. The number of amides is 1. The van der Waals surface area contributed by atoms with Gasteiger partial charge in [-0.15, -0.1) is 0 Å². The van der Waals surface area contributed by atoms with Crippen LogP contribution in [0.2, 0.25) is 0 Å². The Labute approximate surface area is 127 Å². The van der Waals surface area contributed by atoms with E-state index in [0.29, 0.717) is 5.56 Å².